The van der Waals surface area contributed by atoms with Crippen LogP contribution in [0.15, 0.2) is 54.3 Å². The van der Waals surface area contributed by atoms with Gasteiger partial charge < -0.3 is 10.1 Å². The maximum Gasteiger partial charge on any atom is 0.416 e. The maximum atomic E-state index is 12.4. The van der Waals surface area contributed by atoms with E-state index in [0.717, 1.165) is 48.6 Å². The van der Waals surface area contributed by atoms with Crippen LogP contribution in [0.2, 0.25) is 0 Å². The first-order valence-corrected chi connectivity index (χ1v) is 11.1. The fraction of sp³-hybridized carbons (Fsp3) is 0.364. The Kier molecular flexibility index (Phi) is 6.38. The first-order chi connectivity index (χ1) is 14.7. The van der Waals surface area contributed by atoms with Gasteiger partial charge in [-0.3, -0.25) is 4.90 Å². The Morgan fingerprint density at radius 2 is 2.00 bits per heavy atom. The van der Waals surface area contributed by atoms with Gasteiger partial charge in [0.15, 0.2) is 0 Å². The molecule has 1 amide bonds. The van der Waals surface area contributed by atoms with Crippen LogP contribution in [0.3, 0.4) is 0 Å². The van der Waals surface area contributed by atoms with Crippen LogP contribution in [0.25, 0.3) is 10.6 Å². The van der Waals surface area contributed by atoms with E-state index < -0.39 is 0 Å². The molecular weight excluding hydrogens is 434 g/mol. The molecule has 1 saturated carbocycles. The standard InChI is InChI=1S/C22H23N5O2S.ClH/c28-21-27(19-3-1-2-10-23-19)15-22(29-21)8-6-16(7-9-22)13-25-18-5-4-17(14-26-18)20-24-11-12-30-20;/h1-5,10-12,14,16H,6-9,13,15H2,(H,25,26);1H/t16-,22-;. The lowest BCUT2D eigenvalue weighted by molar-refractivity contribution is 0.0148. The third-order valence-corrected chi connectivity index (χ3v) is 6.75. The van der Waals surface area contributed by atoms with Crippen molar-refractivity contribution in [3.05, 3.63) is 54.3 Å². The van der Waals surface area contributed by atoms with E-state index in [2.05, 4.69) is 20.3 Å². The van der Waals surface area contributed by atoms with Gasteiger partial charge in [-0.2, -0.15) is 0 Å². The summed E-state index contributed by atoms with van der Waals surface area (Å²) >= 11 is 1.61. The lowest BCUT2D eigenvalue weighted by atomic mass is 9.78. The fourth-order valence-corrected chi connectivity index (χ4v) is 4.85. The number of ether oxygens (including phenoxy) is 1. The first kappa shape index (κ1) is 21.5. The van der Waals surface area contributed by atoms with Crippen LogP contribution in [0.1, 0.15) is 25.7 Å². The zero-order chi connectivity index (χ0) is 20.4. The quantitative estimate of drug-likeness (QED) is 0.579. The molecule has 2 fully saturated rings. The van der Waals surface area contributed by atoms with Gasteiger partial charge in [0.1, 0.15) is 22.2 Å². The summed E-state index contributed by atoms with van der Waals surface area (Å²) in [5, 5.41) is 6.40. The third-order valence-electron chi connectivity index (χ3n) is 5.93. The lowest BCUT2D eigenvalue weighted by Crippen LogP contribution is -2.39. The molecule has 0 radical (unpaired) electrons. The molecule has 162 valence electrons. The van der Waals surface area contributed by atoms with Crippen LogP contribution in [0.4, 0.5) is 16.4 Å². The van der Waals surface area contributed by atoms with Gasteiger partial charge in [-0.1, -0.05) is 6.07 Å². The SMILES string of the molecule is Cl.O=C1O[C@]2(CC[C@H](CNc3ccc(-c4nccs4)cn3)CC2)CN1c1ccccn1. The van der Waals surface area contributed by atoms with Crippen molar-refractivity contribution in [1.29, 1.82) is 0 Å². The van der Waals surface area contributed by atoms with Gasteiger partial charge in [-0.25, -0.2) is 19.7 Å². The summed E-state index contributed by atoms with van der Waals surface area (Å²) in [4.78, 5) is 27.2. The van der Waals surface area contributed by atoms with E-state index in [1.165, 1.54) is 0 Å². The summed E-state index contributed by atoms with van der Waals surface area (Å²) < 4.78 is 5.83. The highest BCUT2D eigenvalue weighted by molar-refractivity contribution is 7.13. The number of nitrogens with zero attached hydrogens (tertiary/aromatic N) is 4. The summed E-state index contributed by atoms with van der Waals surface area (Å²) in [6, 6.07) is 9.64. The van der Waals surface area contributed by atoms with Gasteiger partial charge in [-0.05, 0) is 55.9 Å². The van der Waals surface area contributed by atoms with Crippen molar-refractivity contribution in [2.75, 3.05) is 23.3 Å². The largest absolute Gasteiger partial charge is 0.441 e. The highest BCUT2D eigenvalue weighted by Gasteiger charge is 2.47. The van der Waals surface area contributed by atoms with Crippen molar-refractivity contribution in [1.82, 2.24) is 15.0 Å². The second-order valence-corrected chi connectivity index (χ2v) is 8.81. The average Bonchev–Trinajstić information content (AvgIpc) is 3.43. The molecule has 1 saturated heterocycles. The van der Waals surface area contributed by atoms with Crippen LogP contribution >= 0.6 is 23.7 Å². The molecule has 3 aromatic rings. The third kappa shape index (κ3) is 4.65. The van der Waals surface area contributed by atoms with Gasteiger partial charge in [0.2, 0.25) is 0 Å². The lowest BCUT2D eigenvalue weighted by Gasteiger charge is -2.35. The number of anilines is 2. The van der Waals surface area contributed by atoms with Crippen molar-refractivity contribution in [2.45, 2.75) is 31.3 Å². The van der Waals surface area contributed by atoms with Gasteiger partial charge in [0.05, 0.1) is 6.54 Å². The van der Waals surface area contributed by atoms with Crippen molar-refractivity contribution in [3.8, 4) is 10.6 Å². The predicted octanol–water partition coefficient (Wildman–Crippen LogP) is 5.02. The summed E-state index contributed by atoms with van der Waals surface area (Å²) in [5.74, 6) is 2.08. The molecular formula is C22H24ClN5O2S. The Balaban J connectivity index is 0.00000231. The van der Waals surface area contributed by atoms with E-state index >= 15 is 0 Å². The molecule has 0 bridgehead atoms. The highest BCUT2D eigenvalue weighted by Crippen LogP contribution is 2.40. The number of hydrogen-bond acceptors (Lipinski definition) is 7. The molecule has 4 heterocycles. The molecule has 1 spiro atoms. The minimum Gasteiger partial charge on any atom is -0.441 e. The molecule has 9 heteroatoms. The molecule has 0 atom stereocenters. The molecule has 5 rings (SSSR count). The number of halogens is 1. The number of aromatic nitrogens is 3. The Hall–Kier alpha value is -2.71. The van der Waals surface area contributed by atoms with Crippen LogP contribution in [0, 0.1) is 5.92 Å². The predicted molar refractivity (Wildman–Crippen MR) is 124 cm³/mol. The van der Waals surface area contributed by atoms with E-state index in [1.54, 1.807) is 28.6 Å². The van der Waals surface area contributed by atoms with Crippen molar-refractivity contribution in [2.24, 2.45) is 5.92 Å². The number of thiazole rings is 1. The zero-order valence-electron chi connectivity index (χ0n) is 16.9. The number of rotatable bonds is 5. The normalized spacial score (nSPS) is 22.8. The fourth-order valence-electron chi connectivity index (χ4n) is 4.22. The Morgan fingerprint density at radius 3 is 2.68 bits per heavy atom. The Morgan fingerprint density at radius 1 is 1.13 bits per heavy atom. The zero-order valence-corrected chi connectivity index (χ0v) is 18.6. The number of nitrogens with one attached hydrogen (secondary N) is 1. The number of amides is 1. The van der Waals surface area contributed by atoms with E-state index in [-0.39, 0.29) is 24.1 Å². The molecule has 31 heavy (non-hydrogen) atoms. The van der Waals surface area contributed by atoms with Crippen LogP contribution in [0.5, 0.6) is 0 Å². The Bertz CT molecular complexity index is 993. The molecule has 1 aliphatic heterocycles. The molecule has 0 aromatic carbocycles. The van der Waals surface area contributed by atoms with Crippen LogP contribution in [-0.4, -0.2) is 39.7 Å². The molecule has 3 aromatic heterocycles. The second-order valence-electron chi connectivity index (χ2n) is 7.92. The number of carbonyl (C=O) groups is 1. The molecule has 1 aliphatic carbocycles. The molecule has 1 N–H and O–H groups in total. The van der Waals surface area contributed by atoms with Crippen molar-refractivity contribution < 1.29 is 9.53 Å². The molecule has 2 aliphatic rings. The second kappa shape index (κ2) is 9.20. The van der Waals surface area contributed by atoms with Gasteiger partial charge >= 0.3 is 6.09 Å². The maximum absolute atomic E-state index is 12.4. The smallest absolute Gasteiger partial charge is 0.416 e. The first-order valence-electron chi connectivity index (χ1n) is 10.2. The number of hydrogen-bond donors (Lipinski definition) is 1. The van der Waals surface area contributed by atoms with E-state index in [0.29, 0.717) is 18.3 Å². The summed E-state index contributed by atoms with van der Waals surface area (Å²) in [6.07, 6.45) is 8.89. The van der Waals surface area contributed by atoms with Gasteiger partial charge in [0.25, 0.3) is 0 Å². The van der Waals surface area contributed by atoms with Crippen molar-refractivity contribution in [3.63, 3.8) is 0 Å². The average molecular weight is 458 g/mol. The minimum absolute atomic E-state index is 0. The van der Waals surface area contributed by atoms with Crippen molar-refractivity contribution >= 4 is 41.5 Å². The summed E-state index contributed by atoms with van der Waals surface area (Å²) in [7, 11) is 0. The molecule has 7 nitrogen and oxygen atoms in total. The van der Waals surface area contributed by atoms with Crippen LogP contribution < -0.4 is 10.2 Å². The highest BCUT2D eigenvalue weighted by atomic mass is 35.5. The van der Waals surface area contributed by atoms with Crippen LogP contribution in [-0.2, 0) is 4.74 Å². The molecule has 0 unspecified atom stereocenters. The topological polar surface area (TPSA) is 80.2 Å². The van der Waals surface area contributed by atoms with E-state index in [1.807, 2.05) is 41.9 Å². The number of pyridine rings is 2. The van der Waals surface area contributed by atoms with E-state index in [9.17, 15) is 4.79 Å². The summed E-state index contributed by atoms with van der Waals surface area (Å²) in [5.41, 5.74) is 0.661. The summed E-state index contributed by atoms with van der Waals surface area (Å²) in [6.45, 7) is 1.46. The Labute approximate surface area is 191 Å². The number of carbonyl (C=O) groups excluding carboxylic acids is 1. The van der Waals surface area contributed by atoms with E-state index in [4.69, 9.17) is 4.74 Å². The van der Waals surface area contributed by atoms with Gasteiger partial charge in [0, 0.05) is 36.1 Å². The monoisotopic (exact) mass is 457 g/mol. The van der Waals surface area contributed by atoms with Gasteiger partial charge in [-0.15, -0.1) is 23.7 Å². The minimum atomic E-state index is -0.376.